The molecule has 8 heteroatoms. The Labute approximate surface area is 166 Å². The van der Waals surface area contributed by atoms with Gasteiger partial charge in [-0.05, 0) is 49.4 Å². The number of nitrogens with one attached hydrogen (secondary N) is 2. The van der Waals surface area contributed by atoms with Crippen LogP contribution in [0.1, 0.15) is 30.9 Å². The third-order valence-electron chi connectivity index (χ3n) is 4.88. The first kappa shape index (κ1) is 20.4. The zero-order valence-electron chi connectivity index (χ0n) is 15.9. The van der Waals surface area contributed by atoms with E-state index < -0.39 is 35.0 Å². The minimum Gasteiger partial charge on any atom is -0.322 e. The average molecular weight is 401 g/mol. The van der Waals surface area contributed by atoms with E-state index in [1.165, 1.54) is 6.07 Å². The second-order valence-corrected chi connectivity index (χ2v) is 7.17. The summed E-state index contributed by atoms with van der Waals surface area (Å²) in [5, 5.41) is 3.30. The van der Waals surface area contributed by atoms with Crippen molar-refractivity contribution >= 4 is 17.8 Å². The van der Waals surface area contributed by atoms with Gasteiger partial charge in [-0.3, -0.25) is 15.0 Å². The number of nitrogens with zero attached hydrogens (tertiary/aromatic N) is 1. The highest BCUT2D eigenvalue weighted by molar-refractivity contribution is 6.07. The van der Waals surface area contributed by atoms with E-state index in [9.17, 15) is 23.2 Å². The molecule has 1 heterocycles. The fourth-order valence-corrected chi connectivity index (χ4v) is 3.13. The number of hydrogen-bond acceptors (Lipinski definition) is 3. The van der Waals surface area contributed by atoms with Crippen molar-refractivity contribution in [3.63, 3.8) is 0 Å². The molecule has 1 unspecified atom stereocenters. The second-order valence-electron chi connectivity index (χ2n) is 7.17. The lowest BCUT2D eigenvalue weighted by Crippen LogP contribution is -2.49. The first-order chi connectivity index (χ1) is 13.8. The van der Waals surface area contributed by atoms with Gasteiger partial charge in [-0.2, -0.15) is 5.01 Å². The van der Waals surface area contributed by atoms with Gasteiger partial charge in [-0.15, -0.1) is 0 Å². The van der Waals surface area contributed by atoms with Crippen molar-refractivity contribution < 1.29 is 23.2 Å². The Hall–Kier alpha value is -3.29. The summed E-state index contributed by atoms with van der Waals surface area (Å²) in [6.07, 6.45) is 1.00. The molecule has 1 saturated heterocycles. The molecule has 3 rings (SSSR count). The monoisotopic (exact) mass is 401 g/mol. The normalized spacial score (nSPS) is 18.7. The van der Waals surface area contributed by atoms with Gasteiger partial charge >= 0.3 is 6.03 Å². The molecule has 1 atom stereocenters. The number of amides is 4. The van der Waals surface area contributed by atoms with Crippen LogP contribution in [0.5, 0.6) is 0 Å². The maximum Gasteiger partial charge on any atom is 0.344 e. The number of hydrazine groups is 1. The van der Waals surface area contributed by atoms with Crippen molar-refractivity contribution in [3.8, 4) is 0 Å². The first-order valence-electron chi connectivity index (χ1n) is 9.22. The van der Waals surface area contributed by atoms with Crippen LogP contribution in [0.25, 0.3) is 0 Å². The molecule has 0 saturated carbocycles. The second kappa shape index (κ2) is 8.38. The van der Waals surface area contributed by atoms with Gasteiger partial charge in [0.25, 0.3) is 5.91 Å². The number of imide groups is 1. The lowest BCUT2D eigenvalue weighted by Gasteiger charge is -2.21. The number of rotatable bonds is 7. The highest BCUT2D eigenvalue weighted by Crippen LogP contribution is 2.22. The van der Waals surface area contributed by atoms with Crippen molar-refractivity contribution in [3.05, 3.63) is 71.3 Å². The molecule has 0 bridgehead atoms. The predicted molar refractivity (Wildman–Crippen MR) is 101 cm³/mol. The summed E-state index contributed by atoms with van der Waals surface area (Å²) in [5.41, 5.74) is 2.63. The van der Waals surface area contributed by atoms with E-state index in [-0.39, 0.29) is 12.8 Å². The Bertz CT molecular complexity index is 936. The topological polar surface area (TPSA) is 78.5 Å². The highest BCUT2D eigenvalue weighted by Gasteiger charge is 2.48. The summed E-state index contributed by atoms with van der Waals surface area (Å²) in [6.45, 7) is 1.61. The van der Waals surface area contributed by atoms with Gasteiger partial charge in [0.05, 0.1) is 0 Å². The molecular weight excluding hydrogens is 380 g/mol. The van der Waals surface area contributed by atoms with Crippen molar-refractivity contribution in [1.82, 2.24) is 15.8 Å². The highest BCUT2D eigenvalue weighted by atomic mass is 19.2. The van der Waals surface area contributed by atoms with Crippen LogP contribution in [0.4, 0.5) is 13.6 Å². The van der Waals surface area contributed by atoms with E-state index in [2.05, 4.69) is 10.7 Å². The van der Waals surface area contributed by atoms with E-state index in [1.807, 2.05) is 30.3 Å². The molecule has 1 fully saturated rings. The summed E-state index contributed by atoms with van der Waals surface area (Å²) in [5.74, 6) is -3.08. The van der Waals surface area contributed by atoms with Crippen LogP contribution < -0.4 is 10.7 Å². The molecular formula is C21H21F2N3O3. The lowest BCUT2D eigenvalue weighted by atomic mass is 9.93. The van der Waals surface area contributed by atoms with Gasteiger partial charge in [0, 0.05) is 6.42 Å². The van der Waals surface area contributed by atoms with Gasteiger partial charge in [0.2, 0.25) is 5.91 Å². The molecule has 0 radical (unpaired) electrons. The SMILES string of the molecule is CC1(CCc2ccccc2)NC(=O)N(NC(=O)CCc2ccc(F)c(F)c2)C1=O. The van der Waals surface area contributed by atoms with Crippen LogP contribution in [0.2, 0.25) is 0 Å². The van der Waals surface area contributed by atoms with Crippen molar-refractivity contribution in [2.24, 2.45) is 0 Å². The van der Waals surface area contributed by atoms with E-state index in [0.29, 0.717) is 23.4 Å². The Morgan fingerprint density at radius 1 is 1.03 bits per heavy atom. The Balaban J connectivity index is 1.56. The fourth-order valence-electron chi connectivity index (χ4n) is 3.13. The summed E-state index contributed by atoms with van der Waals surface area (Å²) in [4.78, 5) is 37.0. The van der Waals surface area contributed by atoms with E-state index in [4.69, 9.17) is 0 Å². The van der Waals surface area contributed by atoms with Crippen molar-refractivity contribution in [2.75, 3.05) is 0 Å². The van der Waals surface area contributed by atoms with Crippen LogP contribution in [0.3, 0.4) is 0 Å². The molecule has 0 aliphatic carbocycles. The van der Waals surface area contributed by atoms with E-state index in [0.717, 1.165) is 17.7 Å². The van der Waals surface area contributed by atoms with Crippen LogP contribution in [-0.2, 0) is 22.4 Å². The van der Waals surface area contributed by atoms with Gasteiger partial charge < -0.3 is 5.32 Å². The first-order valence-corrected chi connectivity index (χ1v) is 9.22. The van der Waals surface area contributed by atoms with Gasteiger partial charge in [-0.25, -0.2) is 13.6 Å². The van der Waals surface area contributed by atoms with Gasteiger partial charge in [0.1, 0.15) is 5.54 Å². The Morgan fingerprint density at radius 3 is 2.45 bits per heavy atom. The number of benzene rings is 2. The van der Waals surface area contributed by atoms with Crippen LogP contribution in [-0.4, -0.2) is 28.4 Å². The van der Waals surface area contributed by atoms with Crippen LogP contribution in [0, 0.1) is 11.6 Å². The van der Waals surface area contributed by atoms with Crippen LogP contribution >= 0.6 is 0 Å². The number of carbonyl (C=O) groups is 3. The zero-order chi connectivity index (χ0) is 21.0. The quantitative estimate of drug-likeness (QED) is 0.701. The Kier molecular flexibility index (Phi) is 5.91. The van der Waals surface area contributed by atoms with Gasteiger partial charge in [0.15, 0.2) is 11.6 Å². The summed E-state index contributed by atoms with van der Waals surface area (Å²) in [6, 6.07) is 12.2. The number of carbonyl (C=O) groups excluding carboxylic acids is 3. The van der Waals surface area contributed by atoms with E-state index >= 15 is 0 Å². The minimum absolute atomic E-state index is 0.0944. The average Bonchev–Trinajstić information content (AvgIpc) is 2.91. The molecule has 2 aromatic carbocycles. The molecule has 6 nitrogen and oxygen atoms in total. The van der Waals surface area contributed by atoms with Gasteiger partial charge in [-0.1, -0.05) is 36.4 Å². The third kappa shape index (κ3) is 4.77. The maximum atomic E-state index is 13.2. The largest absolute Gasteiger partial charge is 0.344 e. The third-order valence-corrected chi connectivity index (χ3v) is 4.88. The molecule has 152 valence electrons. The molecule has 29 heavy (non-hydrogen) atoms. The van der Waals surface area contributed by atoms with E-state index in [1.54, 1.807) is 6.92 Å². The van der Waals surface area contributed by atoms with Crippen molar-refractivity contribution in [1.29, 1.82) is 0 Å². The molecule has 4 amide bonds. The molecule has 1 aliphatic rings. The Morgan fingerprint density at radius 2 is 1.76 bits per heavy atom. The fraction of sp³-hybridized carbons (Fsp3) is 0.286. The molecule has 2 N–H and O–H groups in total. The standard InChI is InChI=1S/C21H21F2N3O3/c1-21(12-11-14-5-3-2-4-6-14)19(28)26(20(29)24-21)25-18(27)10-8-15-7-9-16(22)17(23)13-15/h2-7,9,13H,8,10-12H2,1H3,(H,24,29)(H,25,27). The summed E-state index contributed by atoms with van der Waals surface area (Å²) in [7, 11) is 0. The summed E-state index contributed by atoms with van der Waals surface area (Å²) < 4.78 is 26.2. The number of aryl methyl sites for hydroxylation is 2. The zero-order valence-corrected chi connectivity index (χ0v) is 15.9. The molecule has 0 aromatic heterocycles. The minimum atomic E-state index is -1.12. The predicted octanol–water partition coefficient (Wildman–Crippen LogP) is 2.87. The lowest BCUT2D eigenvalue weighted by molar-refractivity contribution is -0.138. The number of hydrogen-bond donors (Lipinski definition) is 2. The van der Waals surface area contributed by atoms with Crippen LogP contribution in [0.15, 0.2) is 48.5 Å². The summed E-state index contributed by atoms with van der Waals surface area (Å²) >= 11 is 0. The molecule has 1 aliphatic heterocycles. The smallest absolute Gasteiger partial charge is 0.322 e. The van der Waals surface area contributed by atoms with Crippen molar-refractivity contribution in [2.45, 2.75) is 38.1 Å². The number of urea groups is 1. The molecule has 2 aromatic rings. The maximum absolute atomic E-state index is 13.2. The number of halogens is 2. The molecule has 0 spiro atoms.